The number of halogens is 4. The number of anilines is 3. The molecule has 15 heteroatoms. The summed E-state index contributed by atoms with van der Waals surface area (Å²) in [4.78, 5) is 43.8. The molecule has 216 valence electrons. The molecule has 1 aromatic carbocycles. The van der Waals surface area contributed by atoms with Gasteiger partial charge in [0.25, 0.3) is 12.3 Å². The molecular formula is C27H23ClF3N9O2. The molecule has 0 radical (unpaired) electrons. The fourth-order valence-corrected chi connectivity index (χ4v) is 5.38. The second kappa shape index (κ2) is 10.7. The molecule has 3 atom stereocenters. The van der Waals surface area contributed by atoms with E-state index in [2.05, 4.69) is 30.4 Å². The minimum absolute atomic E-state index is 0.0290. The number of hydrogen-bond acceptors (Lipinski definition) is 8. The summed E-state index contributed by atoms with van der Waals surface area (Å²) in [6.45, 7) is 2.40. The molecule has 1 saturated heterocycles. The van der Waals surface area contributed by atoms with Crippen molar-refractivity contribution in [1.29, 1.82) is 0 Å². The van der Waals surface area contributed by atoms with Crippen LogP contribution in [0.4, 0.5) is 30.6 Å². The average Bonchev–Trinajstić information content (AvgIpc) is 3.50. The van der Waals surface area contributed by atoms with Crippen LogP contribution in [0.2, 0.25) is 5.02 Å². The van der Waals surface area contributed by atoms with Crippen molar-refractivity contribution in [2.45, 2.75) is 32.2 Å². The van der Waals surface area contributed by atoms with E-state index in [0.29, 0.717) is 18.0 Å². The molecule has 0 spiro atoms. The first kappa shape index (κ1) is 27.6. The van der Waals surface area contributed by atoms with Gasteiger partial charge in [0.15, 0.2) is 5.82 Å². The first-order valence-corrected chi connectivity index (χ1v) is 13.4. The van der Waals surface area contributed by atoms with Crippen LogP contribution in [-0.2, 0) is 4.79 Å². The zero-order valence-electron chi connectivity index (χ0n) is 22.0. The summed E-state index contributed by atoms with van der Waals surface area (Å²) in [7, 11) is 0. The van der Waals surface area contributed by atoms with Crippen LogP contribution >= 0.6 is 11.6 Å². The van der Waals surface area contributed by atoms with Crippen molar-refractivity contribution in [2.24, 2.45) is 11.8 Å². The highest BCUT2D eigenvalue weighted by Crippen LogP contribution is 2.42. The number of nitrogen functional groups attached to an aromatic ring is 1. The Labute approximate surface area is 241 Å². The number of fused-ring (bicyclic) bond motifs is 1. The molecule has 6 rings (SSSR count). The Morgan fingerprint density at radius 2 is 1.95 bits per heavy atom. The third kappa shape index (κ3) is 4.81. The van der Waals surface area contributed by atoms with E-state index in [-0.39, 0.29) is 45.7 Å². The maximum absolute atomic E-state index is 14.7. The van der Waals surface area contributed by atoms with Gasteiger partial charge in [-0.1, -0.05) is 17.7 Å². The lowest BCUT2D eigenvalue weighted by atomic mass is 9.76. The van der Waals surface area contributed by atoms with Crippen LogP contribution < -0.4 is 16.0 Å². The molecule has 2 aliphatic rings. The van der Waals surface area contributed by atoms with Crippen molar-refractivity contribution in [3.05, 3.63) is 70.8 Å². The molecule has 4 aromatic rings. The lowest BCUT2D eigenvalue weighted by molar-refractivity contribution is -0.123. The number of carbonyl (C=O) groups is 2. The minimum Gasteiger partial charge on any atom is -0.383 e. The molecule has 4 heterocycles. The van der Waals surface area contributed by atoms with E-state index < -0.39 is 35.3 Å². The highest BCUT2D eigenvalue weighted by Gasteiger charge is 2.47. The Kier molecular flexibility index (Phi) is 7.01. The van der Waals surface area contributed by atoms with Crippen LogP contribution in [0.1, 0.15) is 53.8 Å². The maximum atomic E-state index is 14.7. The number of nitrogens with zero attached hydrogens (tertiary/aromatic N) is 7. The van der Waals surface area contributed by atoms with Gasteiger partial charge in [-0.05, 0) is 31.7 Å². The molecule has 1 aliphatic heterocycles. The topological polar surface area (TPSA) is 145 Å². The smallest absolute Gasteiger partial charge is 0.275 e. The van der Waals surface area contributed by atoms with Gasteiger partial charge < -0.3 is 11.1 Å². The summed E-state index contributed by atoms with van der Waals surface area (Å²) in [5.74, 6) is -0.919. The normalized spacial score (nSPS) is 18.6. The number of rotatable bonds is 7. The Morgan fingerprint density at radius 1 is 1.14 bits per heavy atom. The summed E-state index contributed by atoms with van der Waals surface area (Å²) in [6, 6.07) is 1.59. The summed E-state index contributed by atoms with van der Waals surface area (Å²) in [6.07, 6.45) is 5.58. The highest BCUT2D eigenvalue weighted by atomic mass is 35.5. The number of amides is 2. The third-order valence-electron chi connectivity index (χ3n) is 7.69. The molecule has 42 heavy (non-hydrogen) atoms. The van der Waals surface area contributed by atoms with Gasteiger partial charge in [-0.2, -0.15) is 10.1 Å². The largest absolute Gasteiger partial charge is 0.383 e. The molecular weight excluding hydrogens is 575 g/mol. The van der Waals surface area contributed by atoms with E-state index in [4.69, 9.17) is 17.3 Å². The van der Waals surface area contributed by atoms with Gasteiger partial charge in [-0.25, -0.2) is 23.1 Å². The molecule has 2 amide bonds. The SMILES string of the molecule is C[C@H](c1cnc(N2C[C@H]3CC[C@H]3C2=O)nc1N)n1cc(NC(=O)c2cncc(-c3c(C(F)F)ccc(Cl)c3F)n2)cn1. The van der Waals surface area contributed by atoms with Crippen molar-refractivity contribution in [3.8, 4) is 11.3 Å². The first-order chi connectivity index (χ1) is 20.1. The second-order valence-corrected chi connectivity index (χ2v) is 10.6. The summed E-state index contributed by atoms with van der Waals surface area (Å²) in [5.41, 5.74) is 5.40. The summed E-state index contributed by atoms with van der Waals surface area (Å²) >= 11 is 5.80. The van der Waals surface area contributed by atoms with E-state index >= 15 is 0 Å². The van der Waals surface area contributed by atoms with Gasteiger partial charge in [0, 0.05) is 41.5 Å². The van der Waals surface area contributed by atoms with Crippen molar-refractivity contribution < 1.29 is 22.8 Å². The second-order valence-electron chi connectivity index (χ2n) is 10.2. The quantitative estimate of drug-likeness (QED) is 0.312. The average molecular weight is 598 g/mol. The van der Waals surface area contributed by atoms with E-state index in [9.17, 15) is 22.8 Å². The zero-order valence-corrected chi connectivity index (χ0v) is 22.8. The molecule has 0 bridgehead atoms. The molecule has 0 unspecified atom stereocenters. The fraction of sp³-hybridized carbons (Fsp3) is 0.296. The van der Waals surface area contributed by atoms with Crippen LogP contribution in [0.15, 0.2) is 43.1 Å². The first-order valence-electron chi connectivity index (χ1n) is 13.0. The van der Waals surface area contributed by atoms with Gasteiger partial charge in [0.2, 0.25) is 11.9 Å². The Balaban J connectivity index is 1.18. The number of hydrogen-bond donors (Lipinski definition) is 2. The predicted molar refractivity (Wildman–Crippen MR) is 146 cm³/mol. The zero-order chi connectivity index (χ0) is 29.7. The van der Waals surface area contributed by atoms with Gasteiger partial charge in [-0.15, -0.1) is 0 Å². The number of nitrogens with one attached hydrogen (secondary N) is 1. The number of carbonyl (C=O) groups excluding carboxylic acids is 2. The lowest BCUT2D eigenvalue weighted by Gasteiger charge is -2.25. The van der Waals surface area contributed by atoms with Gasteiger partial charge in [-0.3, -0.25) is 24.2 Å². The van der Waals surface area contributed by atoms with E-state index in [1.807, 2.05) is 6.92 Å². The lowest BCUT2D eigenvalue weighted by Crippen LogP contribution is -2.30. The van der Waals surface area contributed by atoms with Gasteiger partial charge >= 0.3 is 0 Å². The Morgan fingerprint density at radius 3 is 2.62 bits per heavy atom. The number of alkyl halides is 2. The van der Waals surface area contributed by atoms with Crippen LogP contribution in [0.5, 0.6) is 0 Å². The molecule has 1 saturated carbocycles. The number of aromatic nitrogens is 6. The minimum atomic E-state index is -3.01. The highest BCUT2D eigenvalue weighted by molar-refractivity contribution is 6.31. The number of nitrogens with two attached hydrogens (primary N) is 1. The molecule has 3 N–H and O–H groups in total. The van der Waals surface area contributed by atoms with Gasteiger partial charge in [0.1, 0.15) is 11.5 Å². The van der Waals surface area contributed by atoms with Crippen LogP contribution in [0.3, 0.4) is 0 Å². The molecule has 2 fully saturated rings. The van der Waals surface area contributed by atoms with Crippen LogP contribution in [0.25, 0.3) is 11.3 Å². The summed E-state index contributed by atoms with van der Waals surface area (Å²) < 4.78 is 43.3. The molecule has 11 nitrogen and oxygen atoms in total. The molecule has 3 aromatic heterocycles. The monoisotopic (exact) mass is 597 g/mol. The van der Waals surface area contributed by atoms with Crippen molar-refractivity contribution in [3.63, 3.8) is 0 Å². The van der Waals surface area contributed by atoms with Crippen molar-refractivity contribution in [2.75, 3.05) is 22.5 Å². The van der Waals surface area contributed by atoms with Gasteiger partial charge in [0.05, 0.1) is 41.0 Å². The van der Waals surface area contributed by atoms with Crippen molar-refractivity contribution in [1.82, 2.24) is 29.7 Å². The third-order valence-corrected chi connectivity index (χ3v) is 7.98. The molecule has 1 aliphatic carbocycles. The van der Waals surface area contributed by atoms with Crippen molar-refractivity contribution >= 4 is 40.9 Å². The standard InChI is InChI=1S/C27H23ClF3N9O2/c1-12(17-7-34-27(38-24(17)32)39-10-13-2-3-15(13)26(39)42)40-11-14(6-35-40)36-25(41)20-9-33-8-19(37-20)21-16(23(30)31)4-5-18(28)22(21)29/h4-9,11-13,15,23H,2-3,10H2,1H3,(H,36,41)(H2,32,34,38)/t12-,13-,15-/m1/s1. The van der Waals surface area contributed by atoms with Crippen LogP contribution in [0, 0.1) is 17.7 Å². The van der Waals surface area contributed by atoms with Crippen LogP contribution in [-0.4, -0.2) is 48.1 Å². The predicted octanol–water partition coefficient (Wildman–Crippen LogP) is 4.68. The van der Waals surface area contributed by atoms with E-state index in [1.54, 1.807) is 17.3 Å². The Hall–Kier alpha value is -4.59. The van der Waals surface area contributed by atoms with E-state index in [0.717, 1.165) is 37.4 Å². The maximum Gasteiger partial charge on any atom is 0.275 e. The fourth-order valence-electron chi connectivity index (χ4n) is 5.22. The van der Waals surface area contributed by atoms with E-state index in [1.165, 1.54) is 10.9 Å². The Bertz CT molecular complexity index is 1720. The summed E-state index contributed by atoms with van der Waals surface area (Å²) in [5, 5.41) is 6.52. The number of benzene rings is 1.